The summed E-state index contributed by atoms with van der Waals surface area (Å²) in [5, 5.41) is 9.42. The Morgan fingerprint density at radius 1 is 1.35 bits per heavy atom. The van der Waals surface area contributed by atoms with Gasteiger partial charge in [-0.2, -0.15) is 4.39 Å². The largest absolute Gasteiger partial charge is 0.385 e. The fraction of sp³-hybridized carbons (Fsp3) is 0.476. The second kappa shape index (κ2) is 10.1. The number of nitrogens with zero attached hydrogens (tertiary/aromatic N) is 1. The van der Waals surface area contributed by atoms with Gasteiger partial charge in [-0.15, -0.1) is 0 Å². The lowest BCUT2D eigenvalue weighted by atomic mass is 10.0. The minimum Gasteiger partial charge on any atom is -0.385 e. The summed E-state index contributed by atoms with van der Waals surface area (Å²) in [5.41, 5.74) is 3.78. The molecule has 1 aromatic carbocycles. The number of allylic oxidation sites excluding steroid dienone is 1. The zero-order valence-corrected chi connectivity index (χ0v) is 16.2. The van der Waals surface area contributed by atoms with E-state index in [-0.39, 0.29) is 12.0 Å². The lowest BCUT2D eigenvalue weighted by Gasteiger charge is -2.20. The Labute approximate surface area is 156 Å². The summed E-state index contributed by atoms with van der Waals surface area (Å²) in [6.07, 6.45) is 6.91. The van der Waals surface area contributed by atoms with Crippen LogP contribution in [0.4, 0.5) is 15.8 Å². The first-order valence-corrected chi connectivity index (χ1v) is 9.47. The topological polar surface area (TPSA) is 48.5 Å². The van der Waals surface area contributed by atoms with Crippen molar-refractivity contribution in [2.75, 3.05) is 18.9 Å². The van der Waals surface area contributed by atoms with E-state index in [1.165, 1.54) is 0 Å². The molecule has 0 amide bonds. The lowest BCUT2D eigenvalue weighted by Crippen LogP contribution is -2.33. The van der Waals surface area contributed by atoms with Gasteiger partial charge in [-0.3, -0.25) is 4.99 Å². The minimum atomic E-state index is -0.375. The van der Waals surface area contributed by atoms with Crippen LogP contribution in [0.3, 0.4) is 0 Å². The van der Waals surface area contributed by atoms with E-state index in [4.69, 9.17) is 0 Å². The second-order valence-corrected chi connectivity index (χ2v) is 6.69. The van der Waals surface area contributed by atoms with Crippen molar-refractivity contribution in [3.8, 4) is 0 Å². The van der Waals surface area contributed by atoms with Crippen molar-refractivity contribution in [1.29, 1.82) is 0 Å². The number of nitrogens with one attached hydrogen (secondary N) is 3. The third kappa shape index (κ3) is 5.43. The zero-order chi connectivity index (χ0) is 18.9. The molecule has 3 N–H and O–H groups in total. The van der Waals surface area contributed by atoms with Crippen molar-refractivity contribution in [3.63, 3.8) is 0 Å². The van der Waals surface area contributed by atoms with Crippen LogP contribution in [0.2, 0.25) is 0 Å². The maximum Gasteiger partial charge on any atom is 0.194 e. The molecule has 0 spiro atoms. The fourth-order valence-electron chi connectivity index (χ4n) is 3.01. The highest BCUT2D eigenvalue weighted by Crippen LogP contribution is 2.31. The Hall–Kier alpha value is -2.14. The number of likely N-dealkylation sites (N-methyl/N-ethyl adjacent to an activating group) is 1. The Morgan fingerprint density at radius 2 is 2.15 bits per heavy atom. The first-order chi connectivity index (χ1) is 12.6. The SMILES string of the molecule is C=C1N/C(F)=C(\C)c2ccc(NCCC)cc2/N=C/CCCCC1NC. The summed E-state index contributed by atoms with van der Waals surface area (Å²) >= 11 is 0. The van der Waals surface area contributed by atoms with E-state index >= 15 is 0 Å². The molecule has 1 atom stereocenters. The number of fused-ring (bicyclic) bond motifs is 1. The van der Waals surface area contributed by atoms with Crippen molar-refractivity contribution >= 4 is 23.2 Å². The van der Waals surface area contributed by atoms with Gasteiger partial charge >= 0.3 is 0 Å². The molecule has 0 aliphatic carbocycles. The third-order valence-corrected chi connectivity index (χ3v) is 4.66. The van der Waals surface area contributed by atoms with E-state index in [2.05, 4.69) is 34.4 Å². The van der Waals surface area contributed by atoms with Gasteiger partial charge in [0, 0.05) is 41.3 Å². The van der Waals surface area contributed by atoms with Gasteiger partial charge in [-0.25, -0.2) is 0 Å². The van der Waals surface area contributed by atoms with Gasteiger partial charge in [0.15, 0.2) is 5.95 Å². The Bertz CT molecular complexity index is 679. The summed E-state index contributed by atoms with van der Waals surface area (Å²) in [6.45, 7) is 8.82. The predicted octanol–water partition coefficient (Wildman–Crippen LogP) is 5.13. The second-order valence-electron chi connectivity index (χ2n) is 6.69. The van der Waals surface area contributed by atoms with Crippen molar-refractivity contribution in [3.05, 3.63) is 42.0 Å². The van der Waals surface area contributed by atoms with Crippen molar-refractivity contribution in [1.82, 2.24) is 10.6 Å². The molecule has 2 rings (SSSR count). The van der Waals surface area contributed by atoms with E-state index in [1.54, 1.807) is 6.92 Å². The number of anilines is 1. The normalized spacial score (nSPS) is 23.1. The molecular formula is C21H31FN4. The fourth-order valence-corrected chi connectivity index (χ4v) is 3.01. The van der Waals surface area contributed by atoms with Crippen LogP contribution in [0, 0.1) is 0 Å². The van der Waals surface area contributed by atoms with Gasteiger partial charge in [0.2, 0.25) is 0 Å². The maximum absolute atomic E-state index is 14.8. The monoisotopic (exact) mass is 358 g/mol. The van der Waals surface area contributed by atoms with Crippen LogP contribution in [0.15, 0.2) is 41.4 Å². The van der Waals surface area contributed by atoms with Crippen LogP contribution < -0.4 is 16.0 Å². The highest BCUT2D eigenvalue weighted by atomic mass is 19.1. The average molecular weight is 359 g/mol. The van der Waals surface area contributed by atoms with E-state index in [0.29, 0.717) is 11.3 Å². The molecule has 0 saturated heterocycles. The Kier molecular flexibility index (Phi) is 7.85. The van der Waals surface area contributed by atoms with E-state index in [1.807, 2.05) is 31.5 Å². The van der Waals surface area contributed by atoms with Crippen LogP contribution in [-0.4, -0.2) is 25.8 Å². The molecule has 1 aliphatic rings. The Morgan fingerprint density at radius 3 is 2.88 bits per heavy atom. The number of halogens is 1. The average Bonchev–Trinajstić information content (AvgIpc) is 2.65. The molecule has 1 aliphatic heterocycles. The quantitative estimate of drug-likeness (QED) is 0.654. The summed E-state index contributed by atoms with van der Waals surface area (Å²) in [6, 6.07) is 5.94. The van der Waals surface area contributed by atoms with Gasteiger partial charge < -0.3 is 16.0 Å². The van der Waals surface area contributed by atoms with Crippen molar-refractivity contribution in [2.45, 2.75) is 52.0 Å². The van der Waals surface area contributed by atoms with Gasteiger partial charge in [0.1, 0.15) is 0 Å². The first kappa shape index (κ1) is 20.2. The van der Waals surface area contributed by atoms with Gasteiger partial charge in [-0.1, -0.05) is 26.0 Å². The van der Waals surface area contributed by atoms with Gasteiger partial charge in [-0.05, 0) is 51.8 Å². The molecule has 0 saturated carbocycles. The molecular weight excluding hydrogens is 327 g/mol. The van der Waals surface area contributed by atoms with Crippen LogP contribution >= 0.6 is 0 Å². The van der Waals surface area contributed by atoms with Crippen LogP contribution in [0.1, 0.15) is 51.5 Å². The lowest BCUT2D eigenvalue weighted by molar-refractivity contribution is 0.502. The zero-order valence-electron chi connectivity index (χ0n) is 16.2. The molecule has 0 bridgehead atoms. The third-order valence-electron chi connectivity index (χ3n) is 4.66. The van der Waals surface area contributed by atoms with Crippen LogP contribution in [0.5, 0.6) is 0 Å². The highest BCUT2D eigenvalue weighted by Gasteiger charge is 2.15. The molecule has 1 aromatic rings. The molecule has 5 heteroatoms. The molecule has 26 heavy (non-hydrogen) atoms. The molecule has 4 nitrogen and oxygen atoms in total. The van der Waals surface area contributed by atoms with Gasteiger partial charge in [0.25, 0.3) is 0 Å². The first-order valence-electron chi connectivity index (χ1n) is 9.47. The standard InChI is InChI=1S/C21H31FN4/c1-5-12-24-17-10-11-18-15(2)21(22)26-16(3)19(23-4)9-7-6-8-13-25-20(18)14-17/h10-11,13-14,19,23-24,26H,3,5-9,12H2,1-2,4H3/b21-15+,25-13+. The minimum absolute atomic E-state index is 0.0475. The summed E-state index contributed by atoms with van der Waals surface area (Å²) in [4.78, 5) is 4.63. The molecule has 142 valence electrons. The number of aliphatic imine (C=N–C) groups is 1. The van der Waals surface area contributed by atoms with Crippen LogP contribution in [0.25, 0.3) is 5.57 Å². The molecule has 1 heterocycles. The highest BCUT2D eigenvalue weighted by molar-refractivity contribution is 5.79. The molecule has 0 radical (unpaired) electrons. The summed E-state index contributed by atoms with van der Waals surface area (Å²) in [7, 11) is 1.88. The molecule has 0 aromatic heterocycles. The summed E-state index contributed by atoms with van der Waals surface area (Å²) in [5.74, 6) is -0.375. The van der Waals surface area contributed by atoms with E-state index < -0.39 is 0 Å². The summed E-state index contributed by atoms with van der Waals surface area (Å²) < 4.78 is 14.8. The number of hydrogen-bond donors (Lipinski definition) is 3. The number of benzene rings is 1. The van der Waals surface area contributed by atoms with E-state index in [9.17, 15) is 4.39 Å². The molecule has 1 unspecified atom stereocenters. The van der Waals surface area contributed by atoms with Gasteiger partial charge in [0.05, 0.1) is 5.69 Å². The van der Waals surface area contributed by atoms with E-state index in [0.717, 1.165) is 55.6 Å². The van der Waals surface area contributed by atoms with Crippen molar-refractivity contribution < 1.29 is 4.39 Å². The predicted molar refractivity (Wildman–Crippen MR) is 111 cm³/mol. The smallest absolute Gasteiger partial charge is 0.194 e. The maximum atomic E-state index is 14.8. The Balaban J connectivity index is 2.40. The molecule has 0 fully saturated rings. The number of rotatable bonds is 4. The van der Waals surface area contributed by atoms with Crippen LogP contribution in [-0.2, 0) is 0 Å². The van der Waals surface area contributed by atoms with Crippen molar-refractivity contribution in [2.24, 2.45) is 4.99 Å². The number of hydrogen-bond acceptors (Lipinski definition) is 4.